The first-order chi connectivity index (χ1) is 12.4. The number of Topliss-reactive ketones (excluding diaryl/α,β-unsaturated/α-hetero) is 1. The molecule has 0 N–H and O–H groups in total. The Morgan fingerprint density at radius 3 is 2.27 bits per heavy atom. The molecule has 0 radical (unpaired) electrons. The van der Waals surface area contributed by atoms with E-state index < -0.39 is 6.10 Å². The number of rotatable bonds is 5. The van der Waals surface area contributed by atoms with E-state index in [9.17, 15) is 14.4 Å². The summed E-state index contributed by atoms with van der Waals surface area (Å²) in [6.07, 6.45) is -0.205. The van der Waals surface area contributed by atoms with E-state index in [0.29, 0.717) is 22.0 Å². The SMILES string of the molecule is Cc1cc(OC(C)C(=O)c2ccc(Cl)cc2)ccc1N1C(=O)CCC1=O. The predicted molar refractivity (Wildman–Crippen MR) is 98.8 cm³/mol. The molecule has 0 aromatic heterocycles. The maximum absolute atomic E-state index is 12.4. The largest absolute Gasteiger partial charge is 0.483 e. The van der Waals surface area contributed by atoms with Gasteiger partial charge in [-0.05, 0) is 61.9 Å². The summed E-state index contributed by atoms with van der Waals surface area (Å²) >= 11 is 5.84. The van der Waals surface area contributed by atoms with Crippen LogP contribution in [0.1, 0.15) is 35.7 Å². The lowest BCUT2D eigenvalue weighted by atomic mass is 10.1. The topological polar surface area (TPSA) is 63.7 Å². The Morgan fingerprint density at radius 2 is 1.69 bits per heavy atom. The van der Waals surface area contributed by atoms with Crippen LogP contribution < -0.4 is 9.64 Å². The Hall–Kier alpha value is -2.66. The molecule has 1 atom stereocenters. The third-order valence-electron chi connectivity index (χ3n) is 4.27. The van der Waals surface area contributed by atoms with Crippen LogP contribution in [-0.4, -0.2) is 23.7 Å². The average Bonchev–Trinajstić information content (AvgIpc) is 2.94. The second-order valence-corrected chi connectivity index (χ2v) is 6.64. The van der Waals surface area contributed by atoms with Crippen LogP contribution in [-0.2, 0) is 9.59 Å². The highest BCUT2D eigenvalue weighted by Crippen LogP contribution is 2.29. The number of ketones is 1. The summed E-state index contributed by atoms with van der Waals surface area (Å²) in [5, 5.41) is 0.562. The fraction of sp³-hybridized carbons (Fsp3) is 0.250. The van der Waals surface area contributed by atoms with E-state index in [4.69, 9.17) is 16.3 Å². The Labute approximate surface area is 156 Å². The third kappa shape index (κ3) is 3.63. The van der Waals surface area contributed by atoms with Gasteiger partial charge in [0, 0.05) is 23.4 Å². The van der Waals surface area contributed by atoms with Gasteiger partial charge >= 0.3 is 0 Å². The van der Waals surface area contributed by atoms with Crippen LogP contribution in [0.5, 0.6) is 5.75 Å². The Morgan fingerprint density at radius 1 is 1.08 bits per heavy atom. The zero-order valence-corrected chi connectivity index (χ0v) is 15.2. The molecule has 5 nitrogen and oxygen atoms in total. The smallest absolute Gasteiger partial charge is 0.234 e. The van der Waals surface area contributed by atoms with Crippen molar-refractivity contribution < 1.29 is 19.1 Å². The fourth-order valence-corrected chi connectivity index (χ4v) is 3.03. The van der Waals surface area contributed by atoms with Gasteiger partial charge in [-0.2, -0.15) is 0 Å². The summed E-state index contributed by atoms with van der Waals surface area (Å²) in [7, 11) is 0. The van der Waals surface area contributed by atoms with Gasteiger partial charge in [0.15, 0.2) is 6.10 Å². The molecule has 1 heterocycles. The highest BCUT2D eigenvalue weighted by molar-refractivity contribution is 6.30. The number of carbonyl (C=O) groups is 3. The number of benzene rings is 2. The van der Waals surface area contributed by atoms with Crippen molar-refractivity contribution in [1.82, 2.24) is 0 Å². The molecule has 26 heavy (non-hydrogen) atoms. The van der Waals surface area contributed by atoms with Gasteiger partial charge in [-0.15, -0.1) is 0 Å². The van der Waals surface area contributed by atoms with E-state index in [1.54, 1.807) is 56.3 Å². The first-order valence-corrected chi connectivity index (χ1v) is 8.67. The number of amides is 2. The Kier molecular flexibility index (Phi) is 5.09. The van der Waals surface area contributed by atoms with Crippen molar-refractivity contribution in [2.45, 2.75) is 32.8 Å². The first-order valence-electron chi connectivity index (χ1n) is 8.29. The molecule has 134 valence electrons. The summed E-state index contributed by atoms with van der Waals surface area (Å²) < 4.78 is 5.74. The molecular formula is C20H18ClNO4. The number of aryl methyl sites for hydroxylation is 1. The van der Waals surface area contributed by atoms with Gasteiger partial charge in [0.1, 0.15) is 5.75 Å². The number of nitrogens with zero attached hydrogens (tertiary/aromatic N) is 1. The maximum Gasteiger partial charge on any atom is 0.234 e. The average molecular weight is 372 g/mol. The minimum atomic E-state index is -0.684. The Bertz CT molecular complexity index is 860. The van der Waals surface area contributed by atoms with E-state index in [1.807, 2.05) is 0 Å². The van der Waals surface area contributed by atoms with Gasteiger partial charge in [-0.25, -0.2) is 0 Å². The molecule has 0 saturated carbocycles. The van der Waals surface area contributed by atoms with E-state index in [1.165, 1.54) is 4.90 Å². The second kappa shape index (κ2) is 7.30. The van der Waals surface area contributed by atoms with E-state index in [-0.39, 0.29) is 30.4 Å². The molecular weight excluding hydrogens is 354 g/mol. The molecule has 1 aliphatic rings. The van der Waals surface area contributed by atoms with E-state index >= 15 is 0 Å². The molecule has 1 aliphatic heterocycles. The molecule has 2 aromatic rings. The molecule has 2 aromatic carbocycles. The number of imide groups is 1. The second-order valence-electron chi connectivity index (χ2n) is 6.20. The van der Waals surface area contributed by atoms with Crippen molar-refractivity contribution in [3.63, 3.8) is 0 Å². The highest BCUT2D eigenvalue weighted by atomic mass is 35.5. The zero-order valence-electron chi connectivity index (χ0n) is 14.5. The van der Waals surface area contributed by atoms with E-state index in [0.717, 1.165) is 5.56 Å². The third-order valence-corrected chi connectivity index (χ3v) is 4.52. The van der Waals surface area contributed by atoms with Crippen molar-refractivity contribution >= 4 is 34.9 Å². The van der Waals surface area contributed by atoms with Crippen molar-refractivity contribution in [3.05, 3.63) is 58.6 Å². The Balaban J connectivity index is 1.75. The summed E-state index contributed by atoms with van der Waals surface area (Å²) in [5.41, 5.74) is 1.81. The van der Waals surface area contributed by atoms with E-state index in [2.05, 4.69) is 0 Å². The predicted octanol–water partition coefficient (Wildman–Crippen LogP) is 3.95. The van der Waals surface area contributed by atoms with Crippen LogP contribution in [0.3, 0.4) is 0 Å². The van der Waals surface area contributed by atoms with Crippen LogP contribution in [0.4, 0.5) is 5.69 Å². The molecule has 0 aliphatic carbocycles. The summed E-state index contributed by atoms with van der Waals surface area (Å²) in [6, 6.07) is 11.7. The zero-order chi connectivity index (χ0) is 18.8. The number of anilines is 1. The van der Waals surface area contributed by atoms with Gasteiger partial charge < -0.3 is 4.74 Å². The fourth-order valence-electron chi connectivity index (χ4n) is 2.90. The molecule has 3 rings (SSSR count). The van der Waals surface area contributed by atoms with Gasteiger partial charge in [0.05, 0.1) is 5.69 Å². The molecule has 6 heteroatoms. The van der Waals surface area contributed by atoms with Crippen LogP contribution in [0, 0.1) is 6.92 Å². The van der Waals surface area contributed by atoms with Crippen molar-refractivity contribution in [2.24, 2.45) is 0 Å². The highest BCUT2D eigenvalue weighted by Gasteiger charge is 2.31. The molecule has 0 spiro atoms. The number of ether oxygens (including phenoxy) is 1. The number of halogens is 1. The minimum absolute atomic E-state index is 0.159. The molecule has 1 saturated heterocycles. The van der Waals surface area contributed by atoms with Crippen molar-refractivity contribution in [1.29, 1.82) is 0 Å². The van der Waals surface area contributed by atoms with Gasteiger partial charge in [0.2, 0.25) is 17.6 Å². The summed E-state index contributed by atoms with van der Waals surface area (Å²) in [5.74, 6) is -0.0513. The van der Waals surface area contributed by atoms with Crippen LogP contribution >= 0.6 is 11.6 Å². The molecule has 1 unspecified atom stereocenters. The maximum atomic E-state index is 12.4. The van der Waals surface area contributed by atoms with Gasteiger partial charge in [0.25, 0.3) is 0 Å². The van der Waals surface area contributed by atoms with Crippen molar-refractivity contribution in [2.75, 3.05) is 4.90 Å². The number of hydrogen-bond donors (Lipinski definition) is 0. The summed E-state index contributed by atoms with van der Waals surface area (Å²) in [6.45, 7) is 3.47. The van der Waals surface area contributed by atoms with Crippen LogP contribution in [0.25, 0.3) is 0 Å². The molecule has 2 amide bonds. The monoisotopic (exact) mass is 371 g/mol. The lowest BCUT2D eigenvalue weighted by Gasteiger charge is -2.19. The standard InChI is InChI=1S/C20H18ClNO4/c1-12-11-16(7-8-17(12)22-18(23)9-10-19(22)24)26-13(2)20(25)14-3-5-15(21)6-4-14/h3-8,11,13H,9-10H2,1-2H3. The summed E-state index contributed by atoms with van der Waals surface area (Å²) in [4.78, 5) is 37.4. The van der Waals surface area contributed by atoms with Gasteiger partial charge in [-0.3, -0.25) is 19.3 Å². The number of hydrogen-bond acceptors (Lipinski definition) is 4. The van der Waals surface area contributed by atoms with Crippen LogP contribution in [0.2, 0.25) is 5.02 Å². The lowest BCUT2D eigenvalue weighted by molar-refractivity contribution is -0.121. The lowest BCUT2D eigenvalue weighted by Crippen LogP contribution is -2.29. The van der Waals surface area contributed by atoms with Crippen molar-refractivity contribution in [3.8, 4) is 5.75 Å². The number of carbonyl (C=O) groups excluding carboxylic acids is 3. The minimum Gasteiger partial charge on any atom is -0.483 e. The first kappa shape index (κ1) is 18.1. The quantitative estimate of drug-likeness (QED) is 0.589. The molecule has 1 fully saturated rings. The normalized spacial score (nSPS) is 15.3. The van der Waals surface area contributed by atoms with Gasteiger partial charge in [-0.1, -0.05) is 11.6 Å². The molecule has 0 bridgehead atoms. The van der Waals surface area contributed by atoms with Crippen LogP contribution in [0.15, 0.2) is 42.5 Å².